The van der Waals surface area contributed by atoms with Gasteiger partial charge < -0.3 is 5.11 Å². The molecule has 1 atom stereocenters. The molecule has 0 spiro atoms. The Bertz CT molecular complexity index is 180. The summed E-state index contributed by atoms with van der Waals surface area (Å²) < 4.78 is 0. The van der Waals surface area contributed by atoms with E-state index in [0.29, 0.717) is 6.42 Å². The van der Waals surface area contributed by atoms with E-state index in [1.165, 1.54) is 51.4 Å². The molecule has 1 heteroatoms. The zero-order chi connectivity index (χ0) is 12.8. The van der Waals surface area contributed by atoms with Gasteiger partial charge in [0.2, 0.25) is 0 Å². The number of unbranched alkanes of at least 4 members (excludes halogenated alkanes) is 8. The van der Waals surface area contributed by atoms with Gasteiger partial charge in [-0.05, 0) is 12.8 Å². The van der Waals surface area contributed by atoms with Crippen LogP contribution >= 0.6 is 0 Å². The minimum Gasteiger partial charge on any atom is -0.393 e. The molecule has 0 aromatic rings. The molecular formula is C16H30O. The first-order valence-electron chi connectivity index (χ1n) is 7.42. The third kappa shape index (κ3) is 13.5. The van der Waals surface area contributed by atoms with Crippen LogP contribution in [-0.4, -0.2) is 11.2 Å². The van der Waals surface area contributed by atoms with Crippen LogP contribution in [-0.2, 0) is 0 Å². The van der Waals surface area contributed by atoms with Crippen LogP contribution in [0.2, 0.25) is 0 Å². The predicted molar refractivity (Wildman–Crippen MR) is 75.9 cm³/mol. The summed E-state index contributed by atoms with van der Waals surface area (Å²) in [4.78, 5) is 0. The highest BCUT2D eigenvalue weighted by Gasteiger charge is 2.02. The topological polar surface area (TPSA) is 20.2 Å². The summed E-state index contributed by atoms with van der Waals surface area (Å²) in [6.07, 6.45) is 19.4. The van der Waals surface area contributed by atoms with Crippen molar-refractivity contribution in [2.24, 2.45) is 0 Å². The molecule has 0 aliphatic heterocycles. The summed E-state index contributed by atoms with van der Waals surface area (Å²) in [6.45, 7) is 2.26. The summed E-state index contributed by atoms with van der Waals surface area (Å²) in [5, 5.41) is 9.58. The van der Waals surface area contributed by atoms with E-state index in [1.807, 2.05) is 0 Å². The largest absolute Gasteiger partial charge is 0.393 e. The van der Waals surface area contributed by atoms with Gasteiger partial charge in [-0.25, -0.2) is 0 Å². The van der Waals surface area contributed by atoms with E-state index < -0.39 is 0 Å². The van der Waals surface area contributed by atoms with Gasteiger partial charge in [-0.15, -0.1) is 12.3 Å². The molecule has 0 amide bonds. The fourth-order valence-electron chi connectivity index (χ4n) is 2.08. The maximum absolute atomic E-state index is 9.58. The molecule has 1 nitrogen and oxygen atoms in total. The minimum absolute atomic E-state index is 0.171. The van der Waals surface area contributed by atoms with Crippen molar-refractivity contribution in [1.82, 2.24) is 0 Å². The van der Waals surface area contributed by atoms with E-state index in [0.717, 1.165) is 19.3 Å². The minimum atomic E-state index is -0.171. The number of hydrogen-bond donors (Lipinski definition) is 1. The van der Waals surface area contributed by atoms with E-state index in [2.05, 4.69) is 12.8 Å². The molecule has 100 valence electrons. The molecule has 0 rings (SSSR count). The Morgan fingerprint density at radius 2 is 1.41 bits per heavy atom. The van der Waals surface area contributed by atoms with Gasteiger partial charge in [0, 0.05) is 6.42 Å². The van der Waals surface area contributed by atoms with Crippen LogP contribution in [0, 0.1) is 12.3 Å². The van der Waals surface area contributed by atoms with Crippen molar-refractivity contribution < 1.29 is 5.11 Å². The van der Waals surface area contributed by atoms with Crippen LogP contribution in [0.25, 0.3) is 0 Å². The maximum atomic E-state index is 9.58. The number of terminal acetylenes is 1. The van der Waals surface area contributed by atoms with Gasteiger partial charge in [0.05, 0.1) is 6.10 Å². The lowest BCUT2D eigenvalue weighted by molar-refractivity contribution is 0.152. The van der Waals surface area contributed by atoms with Crippen LogP contribution in [0.4, 0.5) is 0 Å². The molecule has 1 unspecified atom stereocenters. The van der Waals surface area contributed by atoms with E-state index in [-0.39, 0.29) is 6.10 Å². The highest BCUT2D eigenvalue weighted by molar-refractivity contribution is 4.84. The van der Waals surface area contributed by atoms with Gasteiger partial charge in [-0.2, -0.15) is 0 Å². The number of rotatable bonds is 12. The standard InChI is InChI=1S/C16H30O/c1-3-5-7-8-9-10-11-12-13-15-16(17)14-6-4-2/h2,16-17H,3,5-15H2,1H3. The van der Waals surface area contributed by atoms with E-state index in [9.17, 15) is 5.11 Å². The molecule has 0 bridgehead atoms. The Labute approximate surface area is 108 Å². The van der Waals surface area contributed by atoms with Crippen molar-refractivity contribution >= 4 is 0 Å². The van der Waals surface area contributed by atoms with Crippen molar-refractivity contribution in [3.63, 3.8) is 0 Å². The molecule has 0 saturated carbocycles. The molecule has 0 radical (unpaired) electrons. The summed E-state index contributed by atoms with van der Waals surface area (Å²) in [7, 11) is 0. The van der Waals surface area contributed by atoms with Gasteiger partial charge in [-0.3, -0.25) is 0 Å². The van der Waals surface area contributed by atoms with Crippen molar-refractivity contribution in [2.75, 3.05) is 0 Å². The molecule has 1 N–H and O–H groups in total. The van der Waals surface area contributed by atoms with Crippen LogP contribution in [0.1, 0.15) is 84.0 Å². The summed E-state index contributed by atoms with van der Waals surface area (Å²) in [6, 6.07) is 0. The lowest BCUT2D eigenvalue weighted by Gasteiger charge is -2.08. The second kappa shape index (κ2) is 13.6. The van der Waals surface area contributed by atoms with E-state index >= 15 is 0 Å². The molecule has 0 aliphatic rings. The first kappa shape index (κ1) is 16.5. The third-order valence-electron chi connectivity index (χ3n) is 3.26. The summed E-state index contributed by atoms with van der Waals surface area (Å²) >= 11 is 0. The number of aliphatic hydroxyl groups is 1. The molecule has 0 fully saturated rings. The molecule has 0 aliphatic carbocycles. The summed E-state index contributed by atoms with van der Waals surface area (Å²) in [5.41, 5.74) is 0. The van der Waals surface area contributed by atoms with E-state index in [4.69, 9.17) is 6.42 Å². The van der Waals surface area contributed by atoms with Crippen molar-refractivity contribution in [2.45, 2.75) is 90.1 Å². The SMILES string of the molecule is C#CCCC(O)CCCCCCCCCCC. The Balaban J connectivity index is 3.05. The average Bonchev–Trinajstić information content (AvgIpc) is 2.34. The van der Waals surface area contributed by atoms with Gasteiger partial charge >= 0.3 is 0 Å². The number of hydrogen-bond acceptors (Lipinski definition) is 1. The highest BCUT2D eigenvalue weighted by Crippen LogP contribution is 2.12. The van der Waals surface area contributed by atoms with Gasteiger partial charge in [0.25, 0.3) is 0 Å². The fourth-order valence-corrected chi connectivity index (χ4v) is 2.08. The molecule has 0 aromatic carbocycles. The fraction of sp³-hybridized carbons (Fsp3) is 0.875. The molecule has 17 heavy (non-hydrogen) atoms. The molecule has 0 saturated heterocycles. The highest BCUT2D eigenvalue weighted by atomic mass is 16.3. The molecule has 0 heterocycles. The Hall–Kier alpha value is -0.480. The maximum Gasteiger partial charge on any atom is 0.0549 e. The van der Waals surface area contributed by atoms with Crippen molar-refractivity contribution in [3.05, 3.63) is 0 Å². The lowest BCUT2D eigenvalue weighted by atomic mass is 10.0. The molecule has 0 aromatic heterocycles. The van der Waals surface area contributed by atoms with Crippen LogP contribution in [0.3, 0.4) is 0 Å². The van der Waals surface area contributed by atoms with Gasteiger partial charge in [0.1, 0.15) is 0 Å². The van der Waals surface area contributed by atoms with Crippen molar-refractivity contribution in [1.29, 1.82) is 0 Å². The van der Waals surface area contributed by atoms with Gasteiger partial charge in [-0.1, -0.05) is 64.7 Å². The molecular weight excluding hydrogens is 208 g/mol. The zero-order valence-corrected chi connectivity index (χ0v) is 11.6. The first-order valence-corrected chi connectivity index (χ1v) is 7.42. The van der Waals surface area contributed by atoms with Crippen LogP contribution in [0.15, 0.2) is 0 Å². The lowest BCUT2D eigenvalue weighted by Crippen LogP contribution is -2.05. The van der Waals surface area contributed by atoms with Crippen LogP contribution < -0.4 is 0 Å². The van der Waals surface area contributed by atoms with Crippen LogP contribution in [0.5, 0.6) is 0 Å². The Kier molecular flexibility index (Phi) is 13.2. The normalized spacial score (nSPS) is 12.3. The number of aliphatic hydroxyl groups excluding tert-OH is 1. The monoisotopic (exact) mass is 238 g/mol. The summed E-state index contributed by atoms with van der Waals surface area (Å²) in [5.74, 6) is 2.57. The zero-order valence-electron chi connectivity index (χ0n) is 11.6. The first-order chi connectivity index (χ1) is 8.31. The second-order valence-corrected chi connectivity index (χ2v) is 5.01. The predicted octanol–water partition coefficient (Wildman–Crippen LogP) is 4.68. The Morgan fingerprint density at radius 3 is 1.94 bits per heavy atom. The second-order valence-electron chi connectivity index (χ2n) is 5.01. The van der Waals surface area contributed by atoms with Crippen molar-refractivity contribution in [3.8, 4) is 12.3 Å². The Morgan fingerprint density at radius 1 is 0.882 bits per heavy atom. The quantitative estimate of drug-likeness (QED) is 0.386. The van der Waals surface area contributed by atoms with Gasteiger partial charge in [0.15, 0.2) is 0 Å². The average molecular weight is 238 g/mol. The third-order valence-corrected chi connectivity index (χ3v) is 3.26. The van der Waals surface area contributed by atoms with E-state index in [1.54, 1.807) is 0 Å². The smallest absolute Gasteiger partial charge is 0.0549 e.